The van der Waals surface area contributed by atoms with Crippen molar-refractivity contribution in [2.24, 2.45) is 0 Å². The van der Waals surface area contributed by atoms with Gasteiger partial charge in [0.1, 0.15) is 5.82 Å². The first-order valence-electron chi connectivity index (χ1n) is 5.20. The summed E-state index contributed by atoms with van der Waals surface area (Å²) in [4.78, 5) is 1.25. The lowest BCUT2D eigenvalue weighted by Gasteiger charge is -2.03. The van der Waals surface area contributed by atoms with Crippen LogP contribution < -0.4 is 0 Å². The quantitative estimate of drug-likeness (QED) is 0.649. The largest absolute Gasteiger partial charge is 0.342 e. The maximum absolute atomic E-state index is 13.5. The Morgan fingerprint density at radius 1 is 1.29 bits per heavy atom. The molecule has 0 N–H and O–H groups in total. The Morgan fingerprint density at radius 2 is 2.18 bits per heavy atom. The number of halogens is 2. The predicted molar refractivity (Wildman–Crippen MR) is 73.0 cm³/mol. The van der Waals surface area contributed by atoms with E-state index in [9.17, 15) is 4.39 Å². The molecule has 0 radical (unpaired) electrons. The van der Waals surface area contributed by atoms with Gasteiger partial charge in [-0.05, 0) is 40.2 Å². The molecule has 0 saturated carbocycles. The highest BCUT2D eigenvalue weighted by Crippen LogP contribution is 2.24. The first-order chi connectivity index (χ1) is 8.24. The first-order valence-corrected chi connectivity index (χ1v) is 6.87. The third kappa shape index (κ3) is 2.03. The van der Waals surface area contributed by atoms with Crippen molar-refractivity contribution >= 4 is 38.2 Å². The van der Waals surface area contributed by atoms with Crippen molar-refractivity contribution in [2.75, 3.05) is 0 Å². The Hall–Kier alpha value is -1.13. The molecule has 0 amide bonds. The second-order valence-corrected chi connectivity index (χ2v) is 5.76. The van der Waals surface area contributed by atoms with Crippen LogP contribution in [0, 0.1) is 5.82 Å². The first kappa shape index (κ1) is 11.0. The lowest BCUT2D eigenvalue weighted by Crippen LogP contribution is -1.95. The van der Waals surface area contributed by atoms with Crippen LogP contribution in [-0.4, -0.2) is 4.57 Å². The summed E-state index contributed by atoms with van der Waals surface area (Å²) in [5.74, 6) is -0.159. The van der Waals surface area contributed by atoms with E-state index in [1.807, 2.05) is 18.3 Å². The average molecular weight is 310 g/mol. The third-order valence-corrected chi connectivity index (χ3v) is 4.39. The van der Waals surface area contributed by atoms with Gasteiger partial charge in [0.15, 0.2) is 0 Å². The van der Waals surface area contributed by atoms with E-state index in [4.69, 9.17) is 0 Å². The molecule has 0 aliphatic heterocycles. The van der Waals surface area contributed by atoms with Crippen LogP contribution in [0.4, 0.5) is 4.39 Å². The van der Waals surface area contributed by atoms with Crippen molar-refractivity contribution in [1.29, 1.82) is 0 Å². The lowest BCUT2D eigenvalue weighted by molar-refractivity contribution is 0.639. The molecule has 1 nitrogen and oxygen atoms in total. The van der Waals surface area contributed by atoms with Gasteiger partial charge in [-0.25, -0.2) is 4.39 Å². The predicted octanol–water partition coefficient (Wildman–Crippen LogP) is 4.65. The van der Waals surface area contributed by atoms with Gasteiger partial charge in [0, 0.05) is 26.3 Å². The minimum absolute atomic E-state index is 0.159. The summed E-state index contributed by atoms with van der Waals surface area (Å²) in [5.41, 5.74) is 0.939. The van der Waals surface area contributed by atoms with E-state index in [2.05, 4.69) is 31.9 Å². The summed E-state index contributed by atoms with van der Waals surface area (Å²) >= 11 is 5.14. The minimum atomic E-state index is -0.159. The van der Waals surface area contributed by atoms with Crippen LogP contribution in [-0.2, 0) is 6.54 Å². The summed E-state index contributed by atoms with van der Waals surface area (Å²) < 4.78 is 16.7. The number of hydrogen-bond donors (Lipinski definition) is 0. The molecule has 1 aromatic carbocycles. The SMILES string of the molecule is Fc1cccc2c1ccn2Cc1cc(Br)cs1. The van der Waals surface area contributed by atoms with E-state index >= 15 is 0 Å². The van der Waals surface area contributed by atoms with Crippen molar-refractivity contribution in [1.82, 2.24) is 4.57 Å². The van der Waals surface area contributed by atoms with Gasteiger partial charge in [-0.2, -0.15) is 0 Å². The van der Waals surface area contributed by atoms with Gasteiger partial charge in [-0.1, -0.05) is 6.07 Å². The fourth-order valence-corrected chi connectivity index (χ4v) is 3.38. The topological polar surface area (TPSA) is 4.93 Å². The number of thiophene rings is 1. The Kier molecular flexibility index (Phi) is 2.76. The van der Waals surface area contributed by atoms with Crippen molar-refractivity contribution in [2.45, 2.75) is 6.54 Å². The normalized spacial score (nSPS) is 11.2. The Labute approximate surface area is 111 Å². The zero-order chi connectivity index (χ0) is 11.8. The minimum Gasteiger partial charge on any atom is -0.342 e. The van der Waals surface area contributed by atoms with Crippen molar-refractivity contribution < 1.29 is 4.39 Å². The molecule has 0 unspecified atom stereocenters. The molecule has 0 saturated heterocycles. The van der Waals surface area contributed by atoms with Gasteiger partial charge >= 0.3 is 0 Å². The molecule has 0 bridgehead atoms. The highest BCUT2D eigenvalue weighted by Gasteiger charge is 2.06. The van der Waals surface area contributed by atoms with Crippen LogP contribution >= 0.6 is 27.3 Å². The average Bonchev–Trinajstić information content (AvgIpc) is 2.88. The second kappa shape index (κ2) is 4.27. The number of aromatic nitrogens is 1. The molecule has 3 aromatic rings. The number of nitrogens with zero attached hydrogens (tertiary/aromatic N) is 1. The van der Waals surface area contributed by atoms with Gasteiger partial charge in [-0.3, -0.25) is 0 Å². The maximum atomic E-state index is 13.5. The fourth-order valence-electron chi connectivity index (χ4n) is 1.93. The summed E-state index contributed by atoms with van der Waals surface area (Å²) in [7, 11) is 0. The molecule has 0 aliphatic rings. The third-order valence-electron chi connectivity index (χ3n) is 2.71. The number of benzene rings is 1. The molecule has 0 atom stereocenters. The molecule has 3 rings (SSSR count). The summed E-state index contributed by atoms with van der Waals surface area (Å²) in [6.45, 7) is 0.781. The molecule has 17 heavy (non-hydrogen) atoms. The molecule has 2 aromatic heterocycles. The van der Waals surface area contributed by atoms with E-state index in [1.54, 1.807) is 17.4 Å². The summed E-state index contributed by atoms with van der Waals surface area (Å²) in [6.07, 6.45) is 1.93. The fraction of sp³-hybridized carbons (Fsp3) is 0.0769. The Morgan fingerprint density at radius 3 is 2.94 bits per heavy atom. The van der Waals surface area contributed by atoms with Crippen LogP contribution in [0.2, 0.25) is 0 Å². The smallest absolute Gasteiger partial charge is 0.132 e. The van der Waals surface area contributed by atoms with Crippen LogP contribution in [0.3, 0.4) is 0 Å². The highest BCUT2D eigenvalue weighted by molar-refractivity contribution is 9.10. The Balaban J connectivity index is 2.04. The van der Waals surface area contributed by atoms with Gasteiger partial charge in [0.25, 0.3) is 0 Å². The van der Waals surface area contributed by atoms with Gasteiger partial charge in [-0.15, -0.1) is 11.3 Å². The van der Waals surface area contributed by atoms with Gasteiger partial charge < -0.3 is 4.57 Å². The zero-order valence-corrected chi connectivity index (χ0v) is 11.3. The molecular formula is C13H9BrFNS. The van der Waals surface area contributed by atoms with E-state index in [0.29, 0.717) is 5.39 Å². The van der Waals surface area contributed by atoms with Crippen LogP contribution in [0.15, 0.2) is 46.4 Å². The monoisotopic (exact) mass is 309 g/mol. The number of hydrogen-bond acceptors (Lipinski definition) is 1. The second-order valence-electron chi connectivity index (χ2n) is 3.85. The molecular weight excluding hydrogens is 301 g/mol. The summed E-state index contributed by atoms with van der Waals surface area (Å²) in [6, 6.07) is 9.11. The molecule has 86 valence electrons. The summed E-state index contributed by atoms with van der Waals surface area (Å²) in [5, 5.41) is 2.74. The number of rotatable bonds is 2. The van der Waals surface area contributed by atoms with Crippen molar-refractivity contribution in [3.05, 3.63) is 57.1 Å². The zero-order valence-electron chi connectivity index (χ0n) is 8.86. The molecule has 0 spiro atoms. The molecule has 0 aliphatic carbocycles. The lowest BCUT2D eigenvalue weighted by atomic mass is 10.2. The molecule has 0 fully saturated rings. The van der Waals surface area contributed by atoms with E-state index in [-0.39, 0.29) is 5.82 Å². The standard InChI is InChI=1S/C13H9BrFNS/c14-9-6-10(17-8-9)7-16-5-4-11-12(15)2-1-3-13(11)16/h1-6,8H,7H2. The highest BCUT2D eigenvalue weighted by atomic mass is 79.9. The van der Waals surface area contributed by atoms with E-state index in [1.165, 1.54) is 10.9 Å². The van der Waals surface area contributed by atoms with Crippen LogP contribution in [0.5, 0.6) is 0 Å². The molecule has 4 heteroatoms. The van der Waals surface area contributed by atoms with Crippen LogP contribution in [0.1, 0.15) is 4.88 Å². The van der Waals surface area contributed by atoms with E-state index < -0.39 is 0 Å². The van der Waals surface area contributed by atoms with Crippen molar-refractivity contribution in [3.8, 4) is 0 Å². The number of fused-ring (bicyclic) bond motifs is 1. The van der Waals surface area contributed by atoms with Crippen LogP contribution in [0.25, 0.3) is 10.9 Å². The Bertz CT molecular complexity index is 671. The maximum Gasteiger partial charge on any atom is 0.132 e. The van der Waals surface area contributed by atoms with E-state index in [0.717, 1.165) is 16.5 Å². The van der Waals surface area contributed by atoms with Crippen molar-refractivity contribution in [3.63, 3.8) is 0 Å². The van der Waals surface area contributed by atoms with Gasteiger partial charge in [0.2, 0.25) is 0 Å². The van der Waals surface area contributed by atoms with Gasteiger partial charge in [0.05, 0.1) is 12.1 Å². The molecule has 2 heterocycles.